The molecule has 0 aliphatic carbocycles. The minimum absolute atomic E-state index is 0.117. The fraction of sp³-hybridized carbons (Fsp3) is 0.417. The van der Waals surface area contributed by atoms with Gasteiger partial charge >= 0.3 is 0 Å². The highest BCUT2D eigenvalue weighted by Gasteiger charge is 2.39. The molecule has 2 N–H and O–H groups in total. The Labute approximate surface area is 98.2 Å². The van der Waals surface area contributed by atoms with Crippen LogP contribution in [0, 0.1) is 11.6 Å². The maximum Gasteiger partial charge on any atom is 0.224 e. The standard InChI is InChI=1S/C12H14F2N2O/c1-2-16-10(17)6-9(15)12(16)7-4-3-5-8(13)11(7)14/h3-5,9,12H,2,6,15H2,1H3. The Balaban J connectivity index is 2.44. The molecule has 0 spiro atoms. The van der Waals surface area contributed by atoms with E-state index in [2.05, 4.69) is 0 Å². The van der Waals surface area contributed by atoms with Gasteiger partial charge in [0.15, 0.2) is 11.6 Å². The lowest BCUT2D eigenvalue weighted by atomic mass is 10.00. The molecular weight excluding hydrogens is 226 g/mol. The molecule has 17 heavy (non-hydrogen) atoms. The predicted molar refractivity (Wildman–Crippen MR) is 59.1 cm³/mol. The van der Waals surface area contributed by atoms with E-state index in [-0.39, 0.29) is 17.9 Å². The first-order valence-corrected chi connectivity index (χ1v) is 5.55. The summed E-state index contributed by atoms with van der Waals surface area (Å²) >= 11 is 0. The monoisotopic (exact) mass is 240 g/mol. The highest BCUT2D eigenvalue weighted by atomic mass is 19.2. The second-order valence-corrected chi connectivity index (χ2v) is 4.14. The van der Waals surface area contributed by atoms with Gasteiger partial charge in [-0.25, -0.2) is 8.78 Å². The zero-order valence-electron chi connectivity index (χ0n) is 9.49. The molecule has 1 amide bonds. The summed E-state index contributed by atoms with van der Waals surface area (Å²) in [6.07, 6.45) is 0.175. The Bertz CT molecular complexity index is 450. The van der Waals surface area contributed by atoms with Crippen LogP contribution in [-0.2, 0) is 4.79 Å². The van der Waals surface area contributed by atoms with Crippen LogP contribution in [0.3, 0.4) is 0 Å². The van der Waals surface area contributed by atoms with E-state index >= 15 is 0 Å². The van der Waals surface area contributed by atoms with E-state index in [1.165, 1.54) is 17.0 Å². The predicted octanol–water partition coefficient (Wildman–Crippen LogP) is 1.59. The Morgan fingerprint density at radius 3 is 2.82 bits per heavy atom. The first-order valence-electron chi connectivity index (χ1n) is 5.55. The van der Waals surface area contributed by atoms with Crippen molar-refractivity contribution in [3.63, 3.8) is 0 Å². The summed E-state index contributed by atoms with van der Waals surface area (Å²) in [4.78, 5) is 13.1. The number of hydrogen-bond donors (Lipinski definition) is 1. The van der Waals surface area contributed by atoms with Crippen molar-refractivity contribution in [3.05, 3.63) is 35.4 Å². The first kappa shape index (κ1) is 12.0. The van der Waals surface area contributed by atoms with E-state index in [0.29, 0.717) is 6.54 Å². The Kier molecular flexibility index (Phi) is 3.11. The third kappa shape index (κ3) is 1.91. The lowest BCUT2D eigenvalue weighted by Crippen LogP contribution is -2.33. The summed E-state index contributed by atoms with van der Waals surface area (Å²) in [5.74, 6) is -1.94. The van der Waals surface area contributed by atoms with Crippen molar-refractivity contribution in [1.29, 1.82) is 0 Å². The summed E-state index contributed by atoms with van der Waals surface area (Å²) in [5, 5.41) is 0. The maximum atomic E-state index is 13.7. The normalized spacial score (nSPS) is 24.5. The van der Waals surface area contributed by atoms with Crippen molar-refractivity contribution < 1.29 is 13.6 Å². The van der Waals surface area contributed by atoms with Gasteiger partial charge in [0.05, 0.1) is 6.04 Å². The molecule has 0 bridgehead atoms. The molecule has 1 aromatic carbocycles. The minimum atomic E-state index is -0.916. The Morgan fingerprint density at radius 2 is 2.18 bits per heavy atom. The molecule has 1 aliphatic rings. The number of nitrogens with two attached hydrogens (primary N) is 1. The van der Waals surface area contributed by atoms with Crippen molar-refractivity contribution in [2.45, 2.75) is 25.4 Å². The van der Waals surface area contributed by atoms with Gasteiger partial charge in [-0.15, -0.1) is 0 Å². The molecule has 92 valence electrons. The Hall–Kier alpha value is -1.49. The number of carbonyl (C=O) groups excluding carboxylic acids is 1. The average Bonchev–Trinajstić information content (AvgIpc) is 2.57. The minimum Gasteiger partial charge on any atom is -0.334 e. The van der Waals surface area contributed by atoms with Crippen molar-refractivity contribution in [2.24, 2.45) is 5.73 Å². The summed E-state index contributed by atoms with van der Waals surface area (Å²) in [6, 6.07) is 2.90. The fourth-order valence-electron chi connectivity index (χ4n) is 2.34. The zero-order chi connectivity index (χ0) is 12.6. The highest BCUT2D eigenvalue weighted by Crippen LogP contribution is 2.33. The van der Waals surface area contributed by atoms with Crippen LogP contribution in [0.15, 0.2) is 18.2 Å². The van der Waals surface area contributed by atoms with Gasteiger partial charge in [-0.2, -0.15) is 0 Å². The van der Waals surface area contributed by atoms with Crippen molar-refractivity contribution in [3.8, 4) is 0 Å². The van der Waals surface area contributed by atoms with Gasteiger partial charge in [-0.05, 0) is 13.0 Å². The highest BCUT2D eigenvalue weighted by molar-refractivity contribution is 5.80. The quantitative estimate of drug-likeness (QED) is 0.853. The van der Waals surface area contributed by atoms with Crippen LogP contribution < -0.4 is 5.73 Å². The number of carbonyl (C=O) groups is 1. The van der Waals surface area contributed by atoms with Crippen LogP contribution in [0.25, 0.3) is 0 Å². The summed E-state index contributed by atoms with van der Waals surface area (Å²) in [5.41, 5.74) is 5.99. The molecule has 2 rings (SSSR count). The van der Waals surface area contributed by atoms with E-state index in [1.807, 2.05) is 0 Å². The molecule has 1 fully saturated rings. The van der Waals surface area contributed by atoms with E-state index in [9.17, 15) is 13.6 Å². The van der Waals surface area contributed by atoms with Crippen LogP contribution in [0.2, 0.25) is 0 Å². The van der Waals surface area contributed by atoms with Crippen molar-refractivity contribution >= 4 is 5.91 Å². The summed E-state index contributed by atoms with van der Waals surface area (Å²) in [7, 11) is 0. The molecule has 2 atom stereocenters. The van der Waals surface area contributed by atoms with Gasteiger partial charge in [0, 0.05) is 24.6 Å². The van der Waals surface area contributed by atoms with E-state index < -0.39 is 23.7 Å². The number of benzene rings is 1. The molecule has 0 saturated carbocycles. The SMILES string of the molecule is CCN1C(=O)CC(N)C1c1cccc(F)c1F. The number of rotatable bonds is 2. The lowest BCUT2D eigenvalue weighted by Gasteiger charge is -2.26. The number of halogens is 2. The molecule has 1 aliphatic heterocycles. The fourth-order valence-corrected chi connectivity index (χ4v) is 2.34. The van der Waals surface area contributed by atoms with Gasteiger partial charge in [0.2, 0.25) is 5.91 Å². The molecular formula is C12H14F2N2O. The molecule has 0 radical (unpaired) electrons. The van der Waals surface area contributed by atoms with Gasteiger partial charge in [-0.3, -0.25) is 4.79 Å². The van der Waals surface area contributed by atoms with Crippen LogP contribution in [0.4, 0.5) is 8.78 Å². The van der Waals surface area contributed by atoms with Gasteiger partial charge in [0.25, 0.3) is 0 Å². The average molecular weight is 240 g/mol. The molecule has 1 heterocycles. The number of hydrogen-bond acceptors (Lipinski definition) is 2. The topological polar surface area (TPSA) is 46.3 Å². The largest absolute Gasteiger partial charge is 0.334 e. The smallest absolute Gasteiger partial charge is 0.224 e. The van der Waals surface area contributed by atoms with E-state index in [1.54, 1.807) is 6.92 Å². The molecule has 2 unspecified atom stereocenters. The maximum absolute atomic E-state index is 13.7. The second-order valence-electron chi connectivity index (χ2n) is 4.14. The molecule has 5 heteroatoms. The number of amides is 1. The third-order valence-electron chi connectivity index (χ3n) is 3.11. The van der Waals surface area contributed by atoms with Gasteiger partial charge in [0.1, 0.15) is 0 Å². The van der Waals surface area contributed by atoms with Crippen LogP contribution >= 0.6 is 0 Å². The molecule has 1 saturated heterocycles. The van der Waals surface area contributed by atoms with Crippen LogP contribution in [0.1, 0.15) is 24.9 Å². The van der Waals surface area contributed by atoms with Crippen LogP contribution in [0.5, 0.6) is 0 Å². The van der Waals surface area contributed by atoms with E-state index in [0.717, 1.165) is 6.07 Å². The molecule has 3 nitrogen and oxygen atoms in total. The third-order valence-corrected chi connectivity index (χ3v) is 3.11. The van der Waals surface area contributed by atoms with Gasteiger partial charge < -0.3 is 10.6 Å². The Morgan fingerprint density at radius 1 is 1.47 bits per heavy atom. The number of likely N-dealkylation sites (tertiary alicyclic amines) is 1. The molecule has 0 aromatic heterocycles. The van der Waals surface area contributed by atoms with Crippen LogP contribution in [-0.4, -0.2) is 23.4 Å². The second kappa shape index (κ2) is 4.41. The summed E-state index contributed by atoms with van der Waals surface area (Å²) < 4.78 is 26.9. The number of nitrogens with zero attached hydrogens (tertiary/aromatic N) is 1. The number of likely N-dealkylation sites (N-methyl/N-ethyl adjacent to an activating group) is 1. The molecule has 1 aromatic rings. The lowest BCUT2D eigenvalue weighted by molar-refractivity contribution is -0.128. The van der Waals surface area contributed by atoms with Crippen molar-refractivity contribution in [1.82, 2.24) is 4.90 Å². The first-order chi connectivity index (χ1) is 8.06. The summed E-state index contributed by atoms with van der Waals surface area (Å²) in [6.45, 7) is 2.23. The van der Waals surface area contributed by atoms with E-state index in [4.69, 9.17) is 5.73 Å². The van der Waals surface area contributed by atoms with Crippen molar-refractivity contribution in [2.75, 3.05) is 6.54 Å². The van der Waals surface area contributed by atoms with Gasteiger partial charge in [-0.1, -0.05) is 12.1 Å². The zero-order valence-corrected chi connectivity index (χ0v) is 9.49.